The number of nitrogens with zero attached hydrogens (tertiary/aromatic N) is 1. The Bertz CT molecular complexity index is 424. The van der Waals surface area contributed by atoms with Crippen LogP contribution < -0.4 is 0 Å². The van der Waals surface area contributed by atoms with E-state index in [-0.39, 0.29) is 11.8 Å². The van der Waals surface area contributed by atoms with E-state index in [0.717, 1.165) is 12.8 Å². The second-order valence-electron chi connectivity index (χ2n) is 5.76. The van der Waals surface area contributed by atoms with Crippen LogP contribution in [-0.2, 0) is 9.63 Å². The van der Waals surface area contributed by atoms with Gasteiger partial charge in [-0.05, 0) is 43.3 Å². The quantitative estimate of drug-likeness (QED) is 0.713. The van der Waals surface area contributed by atoms with Gasteiger partial charge in [0.15, 0.2) is 0 Å². The van der Waals surface area contributed by atoms with Gasteiger partial charge in [0.25, 0.3) is 0 Å². The number of carbonyl (C=O) groups is 1. The van der Waals surface area contributed by atoms with E-state index >= 15 is 0 Å². The molecule has 3 rings (SSSR count). The van der Waals surface area contributed by atoms with E-state index in [1.54, 1.807) is 12.2 Å². The van der Waals surface area contributed by atoms with E-state index in [4.69, 9.17) is 4.84 Å². The van der Waals surface area contributed by atoms with Crippen LogP contribution in [0.15, 0.2) is 23.4 Å². The first-order valence-electron chi connectivity index (χ1n) is 6.96. The van der Waals surface area contributed by atoms with E-state index in [1.807, 2.05) is 6.20 Å². The third kappa shape index (κ3) is 1.81. The third-order valence-corrected chi connectivity index (χ3v) is 4.69. The first-order chi connectivity index (χ1) is 8.70. The number of hydrogen-bond acceptors (Lipinski definition) is 3. The third-order valence-electron chi connectivity index (χ3n) is 4.69. The predicted octanol–water partition coefficient (Wildman–Crippen LogP) is 2.70. The molecule has 3 nitrogen and oxygen atoms in total. The molecule has 1 aliphatic heterocycles. The molecule has 2 aliphatic carbocycles. The molecule has 0 radical (unpaired) electrons. The molecule has 0 saturated heterocycles. The summed E-state index contributed by atoms with van der Waals surface area (Å²) in [4.78, 5) is 17.8. The van der Waals surface area contributed by atoms with Gasteiger partial charge in [-0.3, -0.25) is 14.7 Å². The Morgan fingerprint density at radius 1 is 1.44 bits per heavy atom. The normalized spacial score (nSPS) is 35.6. The van der Waals surface area contributed by atoms with Crippen molar-refractivity contribution in [3.05, 3.63) is 23.4 Å². The molecule has 3 atom stereocenters. The minimum absolute atomic E-state index is 0.0593. The fraction of sp³-hybridized carbons (Fsp3) is 0.667. The molecule has 0 aromatic heterocycles. The lowest BCUT2D eigenvalue weighted by Gasteiger charge is -2.39. The molecule has 18 heavy (non-hydrogen) atoms. The number of Topliss-reactive ketones (excluding diaryl/α,β-unsaturated/α-hetero) is 1. The summed E-state index contributed by atoms with van der Waals surface area (Å²) in [7, 11) is 1.67. The van der Waals surface area contributed by atoms with Crippen molar-refractivity contribution >= 4 is 5.78 Å². The van der Waals surface area contributed by atoms with E-state index in [0.29, 0.717) is 18.2 Å². The van der Waals surface area contributed by atoms with Crippen LogP contribution in [0.5, 0.6) is 0 Å². The van der Waals surface area contributed by atoms with Crippen LogP contribution in [0.4, 0.5) is 0 Å². The maximum atomic E-state index is 12.5. The van der Waals surface area contributed by atoms with Crippen LogP contribution in [0, 0.1) is 17.8 Å². The van der Waals surface area contributed by atoms with Gasteiger partial charge in [-0.15, -0.1) is 0 Å². The second-order valence-corrected chi connectivity index (χ2v) is 5.76. The maximum absolute atomic E-state index is 12.5. The number of ketones is 1. The van der Waals surface area contributed by atoms with Crippen molar-refractivity contribution in [2.45, 2.75) is 32.6 Å². The van der Waals surface area contributed by atoms with Crippen molar-refractivity contribution in [3.8, 4) is 0 Å². The Hall–Kier alpha value is -1.09. The summed E-state index contributed by atoms with van der Waals surface area (Å²) in [6, 6.07) is 0. The molecule has 98 valence electrons. The molecule has 0 bridgehead atoms. The van der Waals surface area contributed by atoms with Gasteiger partial charge < -0.3 is 0 Å². The van der Waals surface area contributed by atoms with Gasteiger partial charge >= 0.3 is 0 Å². The summed E-state index contributed by atoms with van der Waals surface area (Å²) >= 11 is 0. The molecule has 3 aliphatic rings. The van der Waals surface area contributed by atoms with E-state index in [2.05, 4.69) is 13.0 Å². The van der Waals surface area contributed by atoms with Gasteiger partial charge in [-0.25, -0.2) is 0 Å². The largest absolute Gasteiger partial charge is 0.299 e. The number of hydroxylamine groups is 2. The average Bonchev–Trinajstić information content (AvgIpc) is 2.57. The monoisotopic (exact) mass is 247 g/mol. The Kier molecular flexibility index (Phi) is 3.02. The maximum Gasteiger partial charge on any atom is 0.144 e. The lowest BCUT2D eigenvalue weighted by Crippen LogP contribution is -2.40. The highest BCUT2D eigenvalue weighted by Gasteiger charge is 2.41. The molecule has 3 heteroatoms. The molecular weight excluding hydrogens is 226 g/mol. The Balaban J connectivity index is 2.02. The fourth-order valence-corrected chi connectivity index (χ4v) is 3.81. The van der Waals surface area contributed by atoms with Crippen molar-refractivity contribution in [2.75, 3.05) is 13.7 Å². The van der Waals surface area contributed by atoms with Gasteiger partial charge in [0.1, 0.15) is 5.78 Å². The predicted molar refractivity (Wildman–Crippen MR) is 69.5 cm³/mol. The molecule has 0 spiro atoms. The molecule has 0 aromatic carbocycles. The molecule has 0 N–H and O–H groups in total. The lowest BCUT2D eigenvalue weighted by molar-refractivity contribution is -0.135. The Morgan fingerprint density at radius 2 is 2.28 bits per heavy atom. The van der Waals surface area contributed by atoms with E-state index in [1.165, 1.54) is 24.0 Å². The SMILES string of the molecule is CON1C=CC2=C3C(CCC2)CC(C)C(=O)C3C1. The lowest BCUT2D eigenvalue weighted by atomic mass is 9.65. The highest BCUT2D eigenvalue weighted by molar-refractivity contribution is 5.88. The summed E-state index contributed by atoms with van der Waals surface area (Å²) in [6.07, 6.45) is 8.84. The Morgan fingerprint density at radius 3 is 3.06 bits per heavy atom. The van der Waals surface area contributed by atoms with Crippen LogP contribution in [0.2, 0.25) is 0 Å². The second kappa shape index (κ2) is 4.54. The topological polar surface area (TPSA) is 29.5 Å². The van der Waals surface area contributed by atoms with Crippen LogP contribution in [0.25, 0.3) is 0 Å². The van der Waals surface area contributed by atoms with Crippen molar-refractivity contribution in [2.24, 2.45) is 17.8 Å². The molecular formula is C15H21NO2. The Labute approximate surface area is 108 Å². The summed E-state index contributed by atoms with van der Waals surface area (Å²) in [6.45, 7) is 2.77. The number of allylic oxidation sites excluding steroid dienone is 2. The van der Waals surface area contributed by atoms with E-state index in [9.17, 15) is 4.79 Å². The van der Waals surface area contributed by atoms with Gasteiger partial charge in [-0.2, -0.15) is 0 Å². The zero-order chi connectivity index (χ0) is 12.7. The summed E-state index contributed by atoms with van der Waals surface area (Å²) in [5, 5.41) is 1.80. The molecule has 0 aromatic rings. The summed E-state index contributed by atoms with van der Waals surface area (Å²) < 4.78 is 0. The first kappa shape index (κ1) is 12.0. The molecule has 1 fully saturated rings. The fourth-order valence-electron chi connectivity index (χ4n) is 3.81. The van der Waals surface area contributed by atoms with Crippen LogP contribution >= 0.6 is 0 Å². The summed E-state index contributed by atoms with van der Waals surface area (Å²) in [5.74, 6) is 1.31. The van der Waals surface area contributed by atoms with Crippen LogP contribution in [-0.4, -0.2) is 24.5 Å². The molecule has 0 amide bonds. The van der Waals surface area contributed by atoms with Crippen molar-refractivity contribution in [1.82, 2.24) is 5.06 Å². The van der Waals surface area contributed by atoms with Crippen molar-refractivity contribution in [1.29, 1.82) is 0 Å². The van der Waals surface area contributed by atoms with Gasteiger partial charge in [0.2, 0.25) is 0 Å². The van der Waals surface area contributed by atoms with Crippen LogP contribution in [0.3, 0.4) is 0 Å². The molecule has 1 heterocycles. The highest BCUT2D eigenvalue weighted by atomic mass is 16.7. The minimum atomic E-state index is 0.0593. The van der Waals surface area contributed by atoms with Gasteiger partial charge in [-0.1, -0.05) is 12.5 Å². The molecule has 1 saturated carbocycles. The minimum Gasteiger partial charge on any atom is -0.299 e. The summed E-state index contributed by atoms with van der Waals surface area (Å²) in [5.41, 5.74) is 2.83. The van der Waals surface area contributed by atoms with Crippen molar-refractivity contribution in [3.63, 3.8) is 0 Å². The standard InChI is InChI=1S/C15H21NO2/c1-10-8-12-5-3-4-11-6-7-16(18-2)9-13(14(11)12)15(10)17/h6-7,10,12-13H,3-5,8-9H2,1-2H3. The number of carbonyl (C=O) groups excluding carboxylic acids is 1. The highest BCUT2D eigenvalue weighted by Crippen LogP contribution is 2.45. The zero-order valence-corrected chi connectivity index (χ0v) is 11.2. The van der Waals surface area contributed by atoms with E-state index < -0.39 is 0 Å². The van der Waals surface area contributed by atoms with Crippen molar-refractivity contribution < 1.29 is 9.63 Å². The number of hydrogen-bond donors (Lipinski definition) is 0. The first-order valence-corrected chi connectivity index (χ1v) is 6.96. The smallest absolute Gasteiger partial charge is 0.144 e. The molecule has 3 unspecified atom stereocenters. The van der Waals surface area contributed by atoms with Gasteiger partial charge in [0.05, 0.1) is 19.6 Å². The zero-order valence-electron chi connectivity index (χ0n) is 11.2. The average molecular weight is 247 g/mol. The number of rotatable bonds is 1. The van der Waals surface area contributed by atoms with Crippen LogP contribution in [0.1, 0.15) is 32.6 Å². The van der Waals surface area contributed by atoms with Gasteiger partial charge in [0, 0.05) is 12.1 Å².